The SMILES string of the molecule is CCC(C)n1ccc(CN[C@H](C)c2ccccc2C)n1. The van der Waals surface area contributed by atoms with Crippen LogP contribution in [0.4, 0.5) is 0 Å². The van der Waals surface area contributed by atoms with E-state index < -0.39 is 0 Å². The molecule has 0 aliphatic carbocycles. The van der Waals surface area contributed by atoms with Crippen molar-refractivity contribution in [2.45, 2.75) is 52.7 Å². The molecule has 0 amide bonds. The minimum Gasteiger partial charge on any atom is -0.304 e. The molecule has 108 valence electrons. The number of benzene rings is 1. The van der Waals surface area contributed by atoms with Crippen LogP contribution in [0.15, 0.2) is 36.5 Å². The summed E-state index contributed by atoms with van der Waals surface area (Å²) in [7, 11) is 0. The van der Waals surface area contributed by atoms with Crippen LogP contribution in [-0.2, 0) is 6.54 Å². The molecule has 1 heterocycles. The summed E-state index contributed by atoms with van der Waals surface area (Å²) in [6.45, 7) is 9.54. The maximum absolute atomic E-state index is 4.62. The zero-order valence-electron chi connectivity index (χ0n) is 12.9. The molecule has 0 radical (unpaired) electrons. The lowest BCUT2D eigenvalue weighted by Crippen LogP contribution is -2.19. The number of rotatable bonds is 6. The molecule has 0 fully saturated rings. The Morgan fingerprint density at radius 1 is 1.20 bits per heavy atom. The molecule has 0 spiro atoms. The fraction of sp³-hybridized carbons (Fsp3) is 0.471. The normalized spacial score (nSPS) is 14.2. The zero-order valence-corrected chi connectivity index (χ0v) is 12.9. The molecule has 0 aliphatic rings. The molecule has 20 heavy (non-hydrogen) atoms. The average Bonchev–Trinajstić information content (AvgIpc) is 2.93. The van der Waals surface area contributed by atoms with E-state index in [2.05, 4.69) is 79.3 Å². The van der Waals surface area contributed by atoms with Crippen LogP contribution in [-0.4, -0.2) is 9.78 Å². The first-order valence-electron chi connectivity index (χ1n) is 7.44. The lowest BCUT2D eigenvalue weighted by Gasteiger charge is -2.15. The Morgan fingerprint density at radius 3 is 2.65 bits per heavy atom. The second kappa shape index (κ2) is 6.71. The summed E-state index contributed by atoms with van der Waals surface area (Å²) in [5.74, 6) is 0. The van der Waals surface area contributed by atoms with Gasteiger partial charge in [-0.15, -0.1) is 0 Å². The molecule has 3 heteroatoms. The van der Waals surface area contributed by atoms with Crippen LogP contribution in [0.3, 0.4) is 0 Å². The van der Waals surface area contributed by atoms with Crippen molar-refractivity contribution in [3.8, 4) is 0 Å². The monoisotopic (exact) mass is 271 g/mol. The highest BCUT2D eigenvalue weighted by Crippen LogP contribution is 2.17. The summed E-state index contributed by atoms with van der Waals surface area (Å²) in [6, 6.07) is 11.4. The second-order valence-corrected chi connectivity index (χ2v) is 5.50. The summed E-state index contributed by atoms with van der Waals surface area (Å²) in [5.41, 5.74) is 3.79. The highest BCUT2D eigenvalue weighted by molar-refractivity contribution is 5.28. The van der Waals surface area contributed by atoms with Crippen LogP contribution in [0.5, 0.6) is 0 Å². The highest BCUT2D eigenvalue weighted by Gasteiger charge is 2.09. The summed E-state index contributed by atoms with van der Waals surface area (Å²) >= 11 is 0. The van der Waals surface area contributed by atoms with E-state index in [4.69, 9.17) is 0 Å². The van der Waals surface area contributed by atoms with Crippen LogP contribution >= 0.6 is 0 Å². The Bertz CT molecular complexity index is 545. The van der Waals surface area contributed by atoms with E-state index in [1.54, 1.807) is 0 Å². The van der Waals surface area contributed by atoms with Gasteiger partial charge < -0.3 is 5.32 Å². The Balaban J connectivity index is 1.95. The molecule has 0 saturated heterocycles. The molecule has 1 aromatic heterocycles. The third-order valence-corrected chi connectivity index (χ3v) is 3.95. The molecule has 3 nitrogen and oxygen atoms in total. The average molecular weight is 271 g/mol. The number of nitrogens with one attached hydrogen (secondary N) is 1. The third kappa shape index (κ3) is 3.48. The fourth-order valence-electron chi connectivity index (χ4n) is 2.34. The van der Waals surface area contributed by atoms with Crippen molar-refractivity contribution >= 4 is 0 Å². The van der Waals surface area contributed by atoms with E-state index >= 15 is 0 Å². The largest absolute Gasteiger partial charge is 0.304 e. The van der Waals surface area contributed by atoms with Crippen molar-refractivity contribution in [1.82, 2.24) is 15.1 Å². The van der Waals surface area contributed by atoms with Crippen LogP contribution in [0.1, 0.15) is 56.1 Å². The summed E-state index contributed by atoms with van der Waals surface area (Å²) in [4.78, 5) is 0. The van der Waals surface area contributed by atoms with Crippen LogP contribution in [0, 0.1) is 6.92 Å². The Morgan fingerprint density at radius 2 is 1.95 bits per heavy atom. The lowest BCUT2D eigenvalue weighted by atomic mass is 10.0. The predicted molar refractivity (Wildman–Crippen MR) is 83.7 cm³/mol. The molecule has 0 saturated carbocycles. The van der Waals surface area contributed by atoms with E-state index in [0.717, 1.165) is 18.7 Å². The van der Waals surface area contributed by atoms with Crippen molar-refractivity contribution in [2.75, 3.05) is 0 Å². The van der Waals surface area contributed by atoms with Gasteiger partial charge in [-0.05, 0) is 44.4 Å². The minimum atomic E-state index is 0.338. The zero-order chi connectivity index (χ0) is 14.5. The van der Waals surface area contributed by atoms with Gasteiger partial charge in [-0.25, -0.2) is 0 Å². The minimum absolute atomic E-state index is 0.338. The van der Waals surface area contributed by atoms with Crippen molar-refractivity contribution < 1.29 is 0 Å². The lowest BCUT2D eigenvalue weighted by molar-refractivity contribution is 0.468. The van der Waals surface area contributed by atoms with Gasteiger partial charge in [-0.1, -0.05) is 31.2 Å². The summed E-state index contributed by atoms with van der Waals surface area (Å²) in [6.07, 6.45) is 3.18. The van der Waals surface area contributed by atoms with Gasteiger partial charge in [0.2, 0.25) is 0 Å². The van der Waals surface area contributed by atoms with E-state index in [0.29, 0.717) is 12.1 Å². The summed E-state index contributed by atoms with van der Waals surface area (Å²) in [5, 5.41) is 8.17. The first kappa shape index (κ1) is 14.8. The predicted octanol–water partition coefficient (Wildman–Crippen LogP) is 4.01. The highest BCUT2D eigenvalue weighted by atomic mass is 15.3. The number of hydrogen-bond donors (Lipinski definition) is 1. The Hall–Kier alpha value is -1.61. The topological polar surface area (TPSA) is 29.9 Å². The molecule has 0 bridgehead atoms. The molecule has 2 aromatic rings. The molecule has 1 unspecified atom stereocenters. The van der Waals surface area contributed by atoms with E-state index in [1.807, 2.05) is 0 Å². The van der Waals surface area contributed by atoms with E-state index in [-0.39, 0.29) is 0 Å². The molecule has 0 aliphatic heterocycles. The van der Waals surface area contributed by atoms with Crippen molar-refractivity contribution in [2.24, 2.45) is 0 Å². The van der Waals surface area contributed by atoms with Crippen LogP contribution in [0.2, 0.25) is 0 Å². The standard InChI is InChI=1S/C17H25N3/c1-5-14(3)20-11-10-16(19-20)12-18-15(4)17-9-7-6-8-13(17)2/h6-11,14-15,18H,5,12H2,1-4H3/t14?,15-/m1/s1. The van der Waals surface area contributed by atoms with Gasteiger partial charge in [0.25, 0.3) is 0 Å². The Labute approximate surface area is 122 Å². The van der Waals surface area contributed by atoms with Crippen LogP contribution < -0.4 is 5.32 Å². The molecule has 1 aromatic carbocycles. The van der Waals surface area contributed by atoms with Gasteiger partial charge in [0.1, 0.15) is 0 Å². The maximum Gasteiger partial charge on any atom is 0.0762 e. The van der Waals surface area contributed by atoms with Gasteiger partial charge in [0.15, 0.2) is 0 Å². The quantitative estimate of drug-likeness (QED) is 0.860. The van der Waals surface area contributed by atoms with Crippen molar-refractivity contribution in [3.05, 3.63) is 53.3 Å². The van der Waals surface area contributed by atoms with Gasteiger partial charge in [0, 0.05) is 24.8 Å². The van der Waals surface area contributed by atoms with Gasteiger partial charge in [0.05, 0.1) is 5.69 Å². The molecular formula is C17H25N3. The maximum atomic E-state index is 4.62. The Kier molecular flexibility index (Phi) is 4.96. The first-order chi connectivity index (χ1) is 9.61. The molecule has 2 atom stereocenters. The molecule has 2 rings (SSSR count). The number of aromatic nitrogens is 2. The smallest absolute Gasteiger partial charge is 0.0762 e. The molecule has 1 N–H and O–H groups in total. The number of hydrogen-bond acceptors (Lipinski definition) is 2. The number of aryl methyl sites for hydroxylation is 1. The fourth-order valence-corrected chi connectivity index (χ4v) is 2.34. The second-order valence-electron chi connectivity index (χ2n) is 5.50. The van der Waals surface area contributed by atoms with Gasteiger partial charge >= 0.3 is 0 Å². The van der Waals surface area contributed by atoms with Crippen LogP contribution in [0.25, 0.3) is 0 Å². The summed E-state index contributed by atoms with van der Waals surface area (Å²) < 4.78 is 2.05. The van der Waals surface area contributed by atoms with Crippen molar-refractivity contribution in [3.63, 3.8) is 0 Å². The van der Waals surface area contributed by atoms with Gasteiger partial charge in [-0.3, -0.25) is 4.68 Å². The number of nitrogens with zero attached hydrogens (tertiary/aromatic N) is 2. The van der Waals surface area contributed by atoms with Gasteiger partial charge in [-0.2, -0.15) is 5.10 Å². The van der Waals surface area contributed by atoms with E-state index in [1.165, 1.54) is 11.1 Å². The molecular weight excluding hydrogens is 246 g/mol. The van der Waals surface area contributed by atoms with Crippen molar-refractivity contribution in [1.29, 1.82) is 0 Å². The van der Waals surface area contributed by atoms with E-state index in [9.17, 15) is 0 Å². The third-order valence-electron chi connectivity index (χ3n) is 3.95. The first-order valence-corrected chi connectivity index (χ1v) is 7.44.